The van der Waals surface area contributed by atoms with Gasteiger partial charge in [0.25, 0.3) is 0 Å². The molecule has 0 amide bonds. The predicted molar refractivity (Wildman–Crippen MR) is 74.4 cm³/mol. The minimum absolute atomic E-state index is 0.156. The molecule has 18 heavy (non-hydrogen) atoms. The molecule has 0 heterocycles. The highest BCUT2D eigenvalue weighted by Crippen LogP contribution is 2.19. The molecular formula is C11H18N2O3S2. The average molecular weight is 290 g/mol. The molecule has 0 bridgehead atoms. The lowest BCUT2D eigenvalue weighted by molar-refractivity contribution is 0.583. The van der Waals surface area contributed by atoms with E-state index in [1.165, 1.54) is 12.3 Å². The summed E-state index contributed by atoms with van der Waals surface area (Å²) < 4.78 is 37.5. The molecule has 0 aliphatic heterocycles. The summed E-state index contributed by atoms with van der Waals surface area (Å²) in [6.07, 6.45) is 2.14. The maximum absolute atomic E-state index is 12.1. The second kappa shape index (κ2) is 6.31. The third-order valence-corrected chi connectivity index (χ3v) is 4.77. The van der Waals surface area contributed by atoms with Gasteiger partial charge in [-0.15, -0.1) is 0 Å². The third kappa shape index (κ3) is 4.08. The first kappa shape index (κ1) is 15.1. The van der Waals surface area contributed by atoms with E-state index in [-0.39, 0.29) is 11.4 Å². The molecule has 0 aliphatic rings. The van der Waals surface area contributed by atoms with Gasteiger partial charge in [0.1, 0.15) is 0 Å². The van der Waals surface area contributed by atoms with E-state index in [0.717, 1.165) is 0 Å². The van der Waals surface area contributed by atoms with Gasteiger partial charge in [0, 0.05) is 35.0 Å². The number of rotatable bonds is 6. The third-order valence-electron chi connectivity index (χ3n) is 2.44. The average Bonchev–Trinajstić information content (AvgIpc) is 2.28. The Balaban J connectivity index is 2.97. The first-order valence-electron chi connectivity index (χ1n) is 5.55. The monoisotopic (exact) mass is 290 g/mol. The van der Waals surface area contributed by atoms with E-state index in [9.17, 15) is 12.6 Å². The molecule has 1 aromatic carbocycles. The minimum Gasteiger partial charge on any atom is -0.399 e. The molecule has 0 aliphatic carbocycles. The predicted octanol–water partition coefficient (Wildman–Crippen LogP) is 0.488. The van der Waals surface area contributed by atoms with Crippen molar-refractivity contribution in [1.82, 2.24) is 4.72 Å². The number of nitrogens with one attached hydrogen (secondary N) is 1. The highest BCUT2D eigenvalue weighted by atomic mass is 32.2. The molecule has 1 rings (SSSR count). The summed E-state index contributed by atoms with van der Waals surface area (Å²) in [6.45, 7) is 2.04. The Labute approximate surface area is 110 Å². The number of hydrogen-bond acceptors (Lipinski definition) is 4. The molecule has 102 valence electrons. The van der Waals surface area contributed by atoms with Gasteiger partial charge < -0.3 is 5.73 Å². The van der Waals surface area contributed by atoms with Crippen LogP contribution in [0.25, 0.3) is 0 Å². The van der Waals surface area contributed by atoms with E-state index in [1.807, 2.05) is 6.92 Å². The fourth-order valence-electron chi connectivity index (χ4n) is 1.51. The van der Waals surface area contributed by atoms with E-state index in [2.05, 4.69) is 4.72 Å². The highest BCUT2D eigenvalue weighted by Gasteiger charge is 2.17. The van der Waals surface area contributed by atoms with Crippen molar-refractivity contribution in [3.8, 4) is 0 Å². The Kier molecular flexibility index (Phi) is 5.30. The van der Waals surface area contributed by atoms with Gasteiger partial charge in [-0.2, -0.15) is 0 Å². The smallest absolute Gasteiger partial charge is 0.240 e. The summed E-state index contributed by atoms with van der Waals surface area (Å²) in [4.78, 5) is 0.201. The summed E-state index contributed by atoms with van der Waals surface area (Å²) in [5, 5.41) is 0. The zero-order chi connectivity index (χ0) is 13.8. The fourth-order valence-corrected chi connectivity index (χ4v) is 3.40. The van der Waals surface area contributed by atoms with Crippen LogP contribution in [-0.2, 0) is 27.2 Å². The van der Waals surface area contributed by atoms with Gasteiger partial charge in [-0.25, -0.2) is 13.1 Å². The van der Waals surface area contributed by atoms with E-state index in [0.29, 0.717) is 23.4 Å². The molecule has 0 spiro atoms. The molecule has 5 nitrogen and oxygen atoms in total. The molecule has 0 fully saturated rings. The lowest BCUT2D eigenvalue weighted by atomic mass is 10.1. The Morgan fingerprint density at radius 3 is 2.61 bits per heavy atom. The summed E-state index contributed by atoms with van der Waals surface area (Å²) in [5.74, 6) is 0.295. The molecule has 1 aromatic rings. The molecule has 0 aromatic heterocycles. The van der Waals surface area contributed by atoms with Crippen LogP contribution in [0.2, 0.25) is 0 Å². The van der Waals surface area contributed by atoms with Gasteiger partial charge in [0.15, 0.2) is 0 Å². The standard InChI is InChI=1S/C11H18N2O3S2/c1-3-9-4-5-10(12)8-11(9)18(15,16)13-6-7-17(2)14/h4-5,8,13H,3,6-7,12H2,1-2H3. The Morgan fingerprint density at radius 1 is 1.39 bits per heavy atom. The SMILES string of the molecule is CCc1ccc(N)cc1S(=O)(=O)NCCS(C)=O. The lowest BCUT2D eigenvalue weighted by Gasteiger charge is -2.10. The number of nitrogen functional groups attached to an aromatic ring is 1. The van der Waals surface area contributed by atoms with Crippen LogP contribution < -0.4 is 10.5 Å². The van der Waals surface area contributed by atoms with Gasteiger partial charge in [-0.3, -0.25) is 4.21 Å². The summed E-state index contributed by atoms with van der Waals surface area (Å²) >= 11 is 0. The number of nitrogens with two attached hydrogens (primary N) is 1. The van der Waals surface area contributed by atoms with Crippen molar-refractivity contribution in [1.29, 1.82) is 0 Å². The second-order valence-corrected chi connectivity index (χ2v) is 7.19. The van der Waals surface area contributed by atoms with Crippen molar-refractivity contribution >= 4 is 26.5 Å². The van der Waals surface area contributed by atoms with Crippen LogP contribution in [0.5, 0.6) is 0 Å². The molecular weight excluding hydrogens is 272 g/mol. The van der Waals surface area contributed by atoms with E-state index >= 15 is 0 Å². The zero-order valence-corrected chi connectivity index (χ0v) is 12.1. The lowest BCUT2D eigenvalue weighted by Crippen LogP contribution is -2.28. The molecule has 0 saturated carbocycles. The van der Waals surface area contributed by atoms with E-state index in [1.54, 1.807) is 12.1 Å². The van der Waals surface area contributed by atoms with Crippen molar-refractivity contribution < 1.29 is 12.6 Å². The van der Waals surface area contributed by atoms with Crippen LogP contribution >= 0.6 is 0 Å². The number of sulfonamides is 1. The summed E-state index contributed by atoms with van der Waals surface area (Å²) in [7, 11) is -4.61. The molecule has 1 atom stereocenters. The molecule has 1 unspecified atom stereocenters. The van der Waals surface area contributed by atoms with Gasteiger partial charge >= 0.3 is 0 Å². The Hall–Kier alpha value is -0.920. The Morgan fingerprint density at radius 2 is 2.06 bits per heavy atom. The van der Waals surface area contributed by atoms with Crippen molar-refractivity contribution in [3.63, 3.8) is 0 Å². The van der Waals surface area contributed by atoms with Crippen molar-refractivity contribution in [2.24, 2.45) is 0 Å². The van der Waals surface area contributed by atoms with Gasteiger partial charge in [0.05, 0.1) is 4.90 Å². The number of hydrogen-bond donors (Lipinski definition) is 2. The Bertz CT molecular complexity index is 541. The largest absolute Gasteiger partial charge is 0.399 e. The molecule has 3 N–H and O–H groups in total. The van der Waals surface area contributed by atoms with E-state index < -0.39 is 20.8 Å². The van der Waals surface area contributed by atoms with Crippen molar-refractivity contribution in [2.45, 2.75) is 18.2 Å². The van der Waals surface area contributed by atoms with Gasteiger partial charge in [-0.1, -0.05) is 13.0 Å². The van der Waals surface area contributed by atoms with Crippen LogP contribution in [0, 0.1) is 0 Å². The maximum atomic E-state index is 12.1. The first-order chi connectivity index (χ1) is 8.36. The maximum Gasteiger partial charge on any atom is 0.240 e. The summed E-state index contributed by atoms with van der Waals surface area (Å²) in [6, 6.07) is 4.84. The quantitative estimate of drug-likeness (QED) is 0.746. The normalized spacial score (nSPS) is 13.4. The second-order valence-electron chi connectivity index (χ2n) is 3.90. The van der Waals surface area contributed by atoms with E-state index in [4.69, 9.17) is 5.73 Å². The van der Waals surface area contributed by atoms with Crippen LogP contribution in [0.15, 0.2) is 23.1 Å². The van der Waals surface area contributed by atoms with Crippen LogP contribution in [0.3, 0.4) is 0 Å². The van der Waals surface area contributed by atoms with Crippen molar-refractivity contribution in [2.75, 3.05) is 24.3 Å². The fraction of sp³-hybridized carbons (Fsp3) is 0.455. The molecule has 0 radical (unpaired) electrons. The minimum atomic E-state index is -3.59. The van der Waals surface area contributed by atoms with Gasteiger partial charge in [0.2, 0.25) is 10.0 Å². The molecule has 0 saturated heterocycles. The topological polar surface area (TPSA) is 89.3 Å². The number of aryl methyl sites for hydroxylation is 1. The zero-order valence-electron chi connectivity index (χ0n) is 10.5. The van der Waals surface area contributed by atoms with Crippen LogP contribution in [0.4, 0.5) is 5.69 Å². The van der Waals surface area contributed by atoms with Crippen LogP contribution in [-0.4, -0.2) is 31.2 Å². The van der Waals surface area contributed by atoms with Gasteiger partial charge in [-0.05, 0) is 24.1 Å². The molecule has 7 heteroatoms. The highest BCUT2D eigenvalue weighted by molar-refractivity contribution is 7.89. The van der Waals surface area contributed by atoms with Crippen molar-refractivity contribution in [3.05, 3.63) is 23.8 Å². The number of benzene rings is 1. The first-order valence-corrected chi connectivity index (χ1v) is 8.76. The van der Waals surface area contributed by atoms with Crippen LogP contribution in [0.1, 0.15) is 12.5 Å². The number of anilines is 1. The summed E-state index contributed by atoms with van der Waals surface area (Å²) in [5.41, 5.74) is 6.74.